The number of ether oxygens (including phenoxy) is 2. The van der Waals surface area contributed by atoms with Crippen molar-refractivity contribution in [2.45, 2.75) is 12.0 Å². The van der Waals surface area contributed by atoms with Gasteiger partial charge in [-0.1, -0.05) is 54.5 Å². The van der Waals surface area contributed by atoms with Gasteiger partial charge in [-0.25, -0.2) is 4.79 Å². The SMILES string of the molecule is O=C1OCC(C#Cc2ccccc2)(Cc2ccccc2)O1. The number of cyclic esters (lactones) is 2. The van der Waals surface area contributed by atoms with Gasteiger partial charge in [-0.05, 0) is 23.6 Å². The van der Waals surface area contributed by atoms with Crippen LogP contribution in [0.1, 0.15) is 11.1 Å². The Kier molecular flexibility index (Phi) is 3.61. The Morgan fingerprint density at radius 3 is 2.29 bits per heavy atom. The highest BCUT2D eigenvalue weighted by Crippen LogP contribution is 2.24. The second-order valence-electron chi connectivity index (χ2n) is 4.91. The zero-order valence-corrected chi connectivity index (χ0v) is 11.4. The number of rotatable bonds is 2. The summed E-state index contributed by atoms with van der Waals surface area (Å²) in [5.74, 6) is 6.13. The van der Waals surface area contributed by atoms with E-state index >= 15 is 0 Å². The summed E-state index contributed by atoms with van der Waals surface area (Å²) < 4.78 is 10.3. The largest absolute Gasteiger partial charge is 0.510 e. The lowest BCUT2D eigenvalue weighted by Gasteiger charge is -2.18. The van der Waals surface area contributed by atoms with E-state index in [4.69, 9.17) is 9.47 Å². The Bertz CT molecular complexity index is 683. The fourth-order valence-electron chi connectivity index (χ4n) is 2.22. The van der Waals surface area contributed by atoms with E-state index < -0.39 is 11.8 Å². The molecule has 0 saturated carbocycles. The molecule has 3 heteroatoms. The maximum absolute atomic E-state index is 11.3. The molecule has 21 heavy (non-hydrogen) atoms. The summed E-state index contributed by atoms with van der Waals surface area (Å²) >= 11 is 0. The molecule has 2 aromatic carbocycles. The van der Waals surface area contributed by atoms with Gasteiger partial charge in [0.05, 0.1) is 0 Å². The summed E-state index contributed by atoms with van der Waals surface area (Å²) in [6.45, 7) is 0.153. The molecule has 1 heterocycles. The molecule has 3 nitrogen and oxygen atoms in total. The summed E-state index contributed by atoms with van der Waals surface area (Å²) in [4.78, 5) is 11.3. The molecular formula is C18H14O3. The van der Waals surface area contributed by atoms with Crippen molar-refractivity contribution < 1.29 is 14.3 Å². The molecule has 104 valence electrons. The summed E-state index contributed by atoms with van der Waals surface area (Å²) in [6.07, 6.45) is -0.146. The van der Waals surface area contributed by atoms with E-state index in [1.165, 1.54) is 0 Å². The molecule has 1 fully saturated rings. The Morgan fingerprint density at radius 2 is 1.67 bits per heavy atom. The zero-order chi connectivity index (χ0) is 14.5. The van der Waals surface area contributed by atoms with Crippen LogP contribution in [0.25, 0.3) is 0 Å². The highest BCUT2D eigenvalue weighted by atomic mass is 16.8. The second kappa shape index (κ2) is 5.72. The molecule has 0 spiro atoms. The topological polar surface area (TPSA) is 35.5 Å². The first-order chi connectivity index (χ1) is 10.3. The quantitative estimate of drug-likeness (QED) is 0.625. The molecule has 0 N–H and O–H groups in total. The average molecular weight is 278 g/mol. The molecule has 2 aromatic rings. The van der Waals surface area contributed by atoms with Crippen molar-refractivity contribution >= 4 is 6.16 Å². The minimum absolute atomic E-state index is 0.153. The van der Waals surface area contributed by atoms with Crippen molar-refractivity contribution in [2.75, 3.05) is 6.61 Å². The number of hydrogen-bond donors (Lipinski definition) is 0. The zero-order valence-electron chi connectivity index (χ0n) is 11.4. The fraction of sp³-hybridized carbons (Fsp3) is 0.167. The predicted molar refractivity (Wildman–Crippen MR) is 78.6 cm³/mol. The van der Waals surface area contributed by atoms with E-state index in [1.807, 2.05) is 60.7 Å². The van der Waals surface area contributed by atoms with E-state index in [2.05, 4.69) is 11.8 Å². The van der Waals surface area contributed by atoms with Gasteiger partial charge in [0.25, 0.3) is 0 Å². The first-order valence-corrected chi connectivity index (χ1v) is 6.74. The van der Waals surface area contributed by atoms with Gasteiger partial charge in [-0.15, -0.1) is 0 Å². The monoisotopic (exact) mass is 278 g/mol. The van der Waals surface area contributed by atoms with Gasteiger partial charge in [0.15, 0.2) is 0 Å². The molecule has 1 atom stereocenters. The summed E-state index contributed by atoms with van der Waals surface area (Å²) in [6, 6.07) is 19.4. The van der Waals surface area contributed by atoms with E-state index in [-0.39, 0.29) is 6.61 Å². The van der Waals surface area contributed by atoms with Crippen LogP contribution in [0.4, 0.5) is 4.79 Å². The molecule has 1 saturated heterocycles. The highest BCUT2D eigenvalue weighted by Gasteiger charge is 2.41. The summed E-state index contributed by atoms with van der Waals surface area (Å²) in [7, 11) is 0. The van der Waals surface area contributed by atoms with Crippen LogP contribution in [0.2, 0.25) is 0 Å². The van der Waals surface area contributed by atoms with Gasteiger partial charge in [0, 0.05) is 12.0 Å². The van der Waals surface area contributed by atoms with Gasteiger partial charge >= 0.3 is 6.16 Å². The molecule has 1 aliphatic rings. The molecule has 0 aromatic heterocycles. The molecule has 0 aliphatic carbocycles. The van der Waals surface area contributed by atoms with Crippen molar-refractivity contribution in [3.63, 3.8) is 0 Å². The third-order valence-corrected chi connectivity index (χ3v) is 3.24. The Balaban J connectivity index is 1.88. The van der Waals surface area contributed by atoms with Gasteiger partial charge in [0.2, 0.25) is 5.60 Å². The molecule has 3 rings (SSSR count). The van der Waals surface area contributed by atoms with Gasteiger partial charge in [-0.3, -0.25) is 0 Å². The van der Waals surface area contributed by atoms with Gasteiger partial charge in [0.1, 0.15) is 6.61 Å². The summed E-state index contributed by atoms with van der Waals surface area (Å²) in [5.41, 5.74) is 1.03. The number of carbonyl (C=O) groups excluding carboxylic acids is 1. The van der Waals surface area contributed by atoms with Crippen molar-refractivity contribution in [3.8, 4) is 11.8 Å². The highest BCUT2D eigenvalue weighted by molar-refractivity contribution is 5.64. The van der Waals surface area contributed by atoms with Crippen LogP contribution in [-0.4, -0.2) is 18.4 Å². The minimum atomic E-state index is -0.908. The standard InChI is InChI=1S/C18H14O3/c19-17-20-14-18(21-17,13-16-9-5-2-6-10-16)12-11-15-7-3-1-4-8-15/h1-10H,13-14H2. The normalized spacial score (nSPS) is 20.1. The van der Waals surface area contributed by atoms with Crippen molar-refractivity contribution in [1.29, 1.82) is 0 Å². The minimum Gasteiger partial charge on any atom is -0.429 e. The lowest BCUT2D eigenvalue weighted by molar-refractivity contribution is 0.0948. The number of carbonyl (C=O) groups is 1. The van der Waals surface area contributed by atoms with Gasteiger partial charge < -0.3 is 9.47 Å². The van der Waals surface area contributed by atoms with Crippen molar-refractivity contribution in [1.82, 2.24) is 0 Å². The van der Waals surface area contributed by atoms with Crippen molar-refractivity contribution in [2.24, 2.45) is 0 Å². The van der Waals surface area contributed by atoms with Crippen molar-refractivity contribution in [3.05, 3.63) is 71.8 Å². The second-order valence-corrected chi connectivity index (χ2v) is 4.91. The first-order valence-electron chi connectivity index (χ1n) is 6.74. The molecular weight excluding hydrogens is 264 g/mol. The van der Waals surface area contributed by atoms with E-state index in [0.717, 1.165) is 11.1 Å². The molecule has 1 aliphatic heterocycles. The van der Waals surface area contributed by atoms with Crippen LogP contribution in [-0.2, 0) is 15.9 Å². The molecule has 0 amide bonds. The van der Waals surface area contributed by atoms with Crippen LogP contribution in [0.15, 0.2) is 60.7 Å². The van der Waals surface area contributed by atoms with Gasteiger partial charge in [-0.2, -0.15) is 0 Å². The Hall–Kier alpha value is -2.73. The average Bonchev–Trinajstić information content (AvgIpc) is 2.89. The van der Waals surface area contributed by atoms with Crippen LogP contribution < -0.4 is 0 Å². The Labute approximate surface area is 123 Å². The van der Waals surface area contributed by atoms with Crippen LogP contribution in [0.3, 0.4) is 0 Å². The first kappa shape index (κ1) is 13.3. The maximum Gasteiger partial charge on any atom is 0.510 e. The Morgan fingerprint density at radius 1 is 1.00 bits per heavy atom. The van der Waals surface area contributed by atoms with E-state index in [0.29, 0.717) is 6.42 Å². The molecule has 0 radical (unpaired) electrons. The summed E-state index contributed by atoms with van der Waals surface area (Å²) in [5, 5.41) is 0. The smallest absolute Gasteiger partial charge is 0.429 e. The maximum atomic E-state index is 11.3. The number of hydrogen-bond acceptors (Lipinski definition) is 3. The van der Waals surface area contributed by atoms with Crippen LogP contribution in [0.5, 0.6) is 0 Å². The fourth-order valence-corrected chi connectivity index (χ4v) is 2.22. The third-order valence-electron chi connectivity index (χ3n) is 3.24. The van der Waals surface area contributed by atoms with Crippen LogP contribution in [0, 0.1) is 11.8 Å². The van der Waals surface area contributed by atoms with E-state index in [1.54, 1.807) is 0 Å². The number of benzene rings is 2. The molecule has 1 unspecified atom stereocenters. The lowest BCUT2D eigenvalue weighted by Crippen LogP contribution is -2.32. The van der Waals surface area contributed by atoms with Crippen LogP contribution >= 0.6 is 0 Å². The predicted octanol–water partition coefficient (Wildman–Crippen LogP) is 3.19. The third kappa shape index (κ3) is 3.24. The van der Waals surface area contributed by atoms with E-state index in [9.17, 15) is 4.79 Å². The lowest BCUT2D eigenvalue weighted by atomic mass is 9.95. The molecule has 0 bridgehead atoms.